The maximum absolute atomic E-state index is 12.0. The fourth-order valence-electron chi connectivity index (χ4n) is 2.17. The maximum Gasteiger partial charge on any atom is 0.233 e. The van der Waals surface area contributed by atoms with Crippen LogP contribution >= 0.6 is 0 Å². The average Bonchev–Trinajstić information content (AvgIpc) is 2.49. The first-order chi connectivity index (χ1) is 11.0. The summed E-state index contributed by atoms with van der Waals surface area (Å²) < 4.78 is 5.20. The van der Waals surface area contributed by atoms with Gasteiger partial charge in [0.25, 0.3) is 0 Å². The van der Waals surface area contributed by atoms with Crippen molar-refractivity contribution < 1.29 is 14.3 Å². The molecule has 2 N–H and O–H groups in total. The lowest BCUT2D eigenvalue weighted by molar-refractivity contribution is -0.123. The number of rotatable bonds is 5. The molecule has 0 aliphatic heterocycles. The van der Waals surface area contributed by atoms with Gasteiger partial charge in [-0.25, -0.2) is 0 Å². The normalized spacial score (nSPS) is 10.0. The zero-order valence-electron chi connectivity index (χ0n) is 13.5. The number of aryl methyl sites for hydroxylation is 2. The lowest BCUT2D eigenvalue weighted by atomic mass is 10.2. The predicted octanol–water partition coefficient (Wildman–Crippen LogP) is 3.28. The van der Waals surface area contributed by atoms with E-state index in [9.17, 15) is 9.59 Å². The van der Waals surface area contributed by atoms with Crippen molar-refractivity contribution in [2.45, 2.75) is 20.3 Å². The highest BCUT2D eigenvalue weighted by molar-refractivity contribution is 6.08. The van der Waals surface area contributed by atoms with E-state index in [1.807, 2.05) is 38.1 Å². The Bertz CT molecular complexity index is 726. The van der Waals surface area contributed by atoms with E-state index in [0.717, 1.165) is 11.1 Å². The van der Waals surface area contributed by atoms with Gasteiger partial charge in [0.2, 0.25) is 11.8 Å². The van der Waals surface area contributed by atoms with Gasteiger partial charge in [-0.3, -0.25) is 9.59 Å². The molecule has 120 valence electrons. The number of carbonyl (C=O) groups excluding carboxylic acids is 2. The molecule has 5 nitrogen and oxygen atoms in total. The van der Waals surface area contributed by atoms with Crippen LogP contribution in [0.3, 0.4) is 0 Å². The Hall–Kier alpha value is -2.82. The molecule has 0 unspecified atom stereocenters. The second kappa shape index (κ2) is 7.45. The van der Waals surface area contributed by atoms with Gasteiger partial charge in [-0.2, -0.15) is 0 Å². The van der Waals surface area contributed by atoms with Gasteiger partial charge in [0.05, 0.1) is 12.8 Å². The second-order valence-electron chi connectivity index (χ2n) is 5.29. The monoisotopic (exact) mass is 312 g/mol. The van der Waals surface area contributed by atoms with Crippen molar-refractivity contribution in [1.82, 2.24) is 0 Å². The molecule has 0 fully saturated rings. The first kappa shape index (κ1) is 16.5. The van der Waals surface area contributed by atoms with Crippen LogP contribution in [0.2, 0.25) is 0 Å². The Morgan fingerprint density at radius 3 is 2.26 bits per heavy atom. The maximum atomic E-state index is 12.0. The molecular weight excluding hydrogens is 292 g/mol. The number of hydrogen-bond donors (Lipinski definition) is 2. The lowest BCUT2D eigenvalue weighted by Crippen LogP contribution is -2.22. The number of amides is 2. The topological polar surface area (TPSA) is 67.4 Å². The van der Waals surface area contributed by atoms with Crippen molar-refractivity contribution in [2.75, 3.05) is 17.7 Å². The van der Waals surface area contributed by atoms with Crippen molar-refractivity contribution in [3.63, 3.8) is 0 Å². The van der Waals surface area contributed by atoms with E-state index in [-0.39, 0.29) is 18.2 Å². The van der Waals surface area contributed by atoms with E-state index >= 15 is 0 Å². The van der Waals surface area contributed by atoms with Crippen molar-refractivity contribution in [1.29, 1.82) is 0 Å². The Balaban J connectivity index is 1.98. The second-order valence-corrected chi connectivity index (χ2v) is 5.29. The number of benzene rings is 2. The minimum absolute atomic E-state index is 0.259. The van der Waals surface area contributed by atoms with Crippen molar-refractivity contribution >= 4 is 23.2 Å². The molecule has 5 heteroatoms. The summed E-state index contributed by atoms with van der Waals surface area (Å²) in [7, 11) is 1.53. The molecule has 0 aliphatic carbocycles. The third-order valence-electron chi connectivity index (χ3n) is 3.37. The molecule has 0 saturated heterocycles. The number of carbonyl (C=O) groups is 2. The van der Waals surface area contributed by atoms with Gasteiger partial charge in [0.1, 0.15) is 12.2 Å². The molecule has 0 atom stereocenters. The summed E-state index contributed by atoms with van der Waals surface area (Å²) in [6.45, 7) is 3.81. The van der Waals surface area contributed by atoms with E-state index in [1.54, 1.807) is 18.2 Å². The quantitative estimate of drug-likeness (QED) is 0.833. The lowest BCUT2D eigenvalue weighted by Gasteiger charge is -2.11. The predicted molar refractivity (Wildman–Crippen MR) is 90.8 cm³/mol. The van der Waals surface area contributed by atoms with E-state index in [1.165, 1.54) is 7.11 Å². The van der Waals surface area contributed by atoms with Gasteiger partial charge in [0, 0.05) is 5.69 Å². The van der Waals surface area contributed by atoms with Gasteiger partial charge in [-0.05, 0) is 43.2 Å². The molecule has 0 aromatic heterocycles. The highest BCUT2D eigenvalue weighted by Gasteiger charge is 2.13. The highest BCUT2D eigenvalue weighted by atomic mass is 16.5. The van der Waals surface area contributed by atoms with Gasteiger partial charge >= 0.3 is 0 Å². The molecule has 0 bridgehead atoms. The summed E-state index contributed by atoms with van der Waals surface area (Å²) in [6, 6.07) is 12.9. The van der Waals surface area contributed by atoms with Crippen LogP contribution in [0.15, 0.2) is 42.5 Å². The minimum Gasteiger partial charge on any atom is -0.495 e. The first-order valence-electron chi connectivity index (χ1n) is 7.29. The molecule has 0 radical (unpaired) electrons. The summed E-state index contributed by atoms with van der Waals surface area (Å²) in [5.41, 5.74) is 3.20. The van der Waals surface area contributed by atoms with Gasteiger partial charge in [0.15, 0.2) is 0 Å². The van der Waals surface area contributed by atoms with Crippen LogP contribution in [-0.4, -0.2) is 18.9 Å². The van der Waals surface area contributed by atoms with E-state index < -0.39 is 0 Å². The largest absolute Gasteiger partial charge is 0.495 e. The summed E-state index contributed by atoms with van der Waals surface area (Å²) in [5, 5.41) is 5.44. The van der Waals surface area contributed by atoms with Gasteiger partial charge < -0.3 is 15.4 Å². The fourth-order valence-corrected chi connectivity index (χ4v) is 2.17. The number of para-hydroxylation sites is 1. The molecule has 0 heterocycles. The van der Waals surface area contributed by atoms with Crippen molar-refractivity contribution in [3.8, 4) is 5.75 Å². The molecule has 23 heavy (non-hydrogen) atoms. The average molecular weight is 312 g/mol. The van der Waals surface area contributed by atoms with Crippen LogP contribution in [0.25, 0.3) is 0 Å². The number of hydrogen-bond acceptors (Lipinski definition) is 3. The van der Waals surface area contributed by atoms with E-state index in [4.69, 9.17) is 4.74 Å². The molecule has 0 spiro atoms. The first-order valence-corrected chi connectivity index (χ1v) is 7.29. The standard InChI is InChI=1S/C18H20N2O3/c1-12-8-9-16(23-3)15(10-12)20-18(22)11-17(21)19-14-7-5-4-6-13(14)2/h4-10H,11H2,1-3H3,(H,19,21)(H,20,22). The molecule has 2 aromatic rings. The number of ether oxygens (including phenoxy) is 1. The van der Waals surface area contributed by atoms with Crippen LogP contribution in [0, 0.1) is 13.8 Å². The Morgan fingerprint density at radius 2 is 1.61 bits per heavy atom. The Kier molecular flexibility index (Phi) is 5.36. The van der Waals surface area contributed by atoms with Crippen LogP contribution in [0.1, 0.15) is 17.5 Å². The third kappa shape index (κ3) is 4.57. The Morgan fingerprint density at radius 1 is 0.957 bits per heavy atom. The number of nitrogens with one attached hydrogen (secondary N) is 2. The SMILES string of the molecule is COc1ccc(C)cc1NC(=O)CC(=O)Nc1ccccc1C. The van der Waals surface area contributed by atoms with E-state index in [2.05, 4.69) is 10.6 Å². The zero-order valence-corrected chi connectivity index (χ0v) is 13.5. The summed E-state index contributed by atoms with van der Waals surface area (Å²) in [6.07, 6.45) is -0.259. The van der Waals surface area contributed by atoms with Crippen LogP contribution in [-0.2, 0) is 9.59 Å². The molecule has 0 aliphatic rings. The zero-order chi connectivity index (χ0) is 16.8. The highest BCUT2D eigenvalue weighted by Crippen LogP contribution is 2.25. The third-order valence-corrected chi connectivity index (χ3v) is 3.37. The van der Waals surface area contributed by atoms with Gasteiger partial charge in [-0.15, -0.1) is 0 Å². The minimum atomic E-state index is -0.389. The number of anilines is 2. The fraction of sp³-hybridized carbons (Fsp3) is 0.222. The summed E-state index contributed by atoms with van der Waals surface area (Å²) in [4.78, 5) is 24.0. The van der Waals surface area contributed by atoms with Gasteiger partial charge in [-0.1, -0.05) is 24.3 Å². The molecule has 2 aromatic carbocycles. The summed E-state index contributed by atoms with van der Waals surface area (Å²) in [5.74, 6) is -0.188. The Labute approximate surface area is 135 Å². The molecule has 2 amide bonds. The number of methoxy groups -OCH3 is 1. The van der Waals surface area contributed by atoms with Crippen LogP contribution < -0.4 is 15.4 Å². The molecule has 2 rings (SSSR count). The molecular formula is C18H20N2O3. The van der Waals surface area contributed by atoms with Crippen molar-refractivity contribution in [3.05, 3.63) is 53.6 Å². The van der Waals surface area contributed by atoms with E-state index in [0.29, 0.717) is 17.1 Å². The summed E-state index contributed by atoms with van der Waals surface area (Å²) >= 11 is 0. The molecule has 0 saturated carbocycles. The van der Waals surface area contributed by atoms with Crippen LogP contribution in [0.5, 0.6) is 5.75 Å². The van der Waals surface area contributed by atoms with Crippen LogP contribution in [0.4, 0.5) is 11.4 Å². The van der Waals surface area contributed by atoms with Crippen molar-refractivity contribution in [2.24, 2.45) is 0 Å². The smallest absolute Gasteiger partial charge is 0.233 e.